The molecule has 4 aromatic carbocycles. The summed E-state index contributed by atoms with van der Waals surface area (Å²) in [5.41, 5.74) is 6.39. The second-order valence-electron chi connectivity index (χ2n) is 8.08. The summed E-state index contributed by atoms with van der Waals surface area (Å²) in [7, 11) is 4.12. The van der Waals surface area contributed by atoms with Crippen LogP contribution in [0.5, 0.6) is 0 Å². The van der Waals surface area contributed by atoms with Crippen LogP contribution in [0.2, 0.25) is 0 Å². The number of nitrogens with one attached hydrogen (secondary N) is 1. The predicted molar refractivity (Wildman–Crippen MR) is 134 cm³/mol. The molecular weight excluding hydrogens is 376 g/mol. The van der Waals surface area contributed by atoms with Crippen molar-refractivity contribution in [3.05, 3.63) is 120 Å². The maximum atomic E-state index is 7.94. The highest BCUT2D eigenvalue weighted by Crippen LogP contribution is 2.38. The van der Waals surface area contributed by atoms with E-state index >= 15 is 0 Å². The number of fused-ring (bicyclic) bond motifs is 3. The van der Waals surface area contributed by atoms with Gasteiger partial charge in [-0.05, 0) is 74.2 Å². The normalized spacial score (nSPS) is 13.2. The third-order valence-corrected chi connectivity index (χ3v) is 5.88. The maximum absolute atomic E-state index is 7.94. The summed E-state index contributed by atoms with van der Waals surface area (Å²) < 4.78 is 0. The van der Waals surface area contributed by atoms with Crippen LogP contribution in [0.1, 0.15) is 11.1 Å². The van der Waals surface area contributed by atoms with Gasteiger partial charge in [0, 0.05) is 19.8 Å². The fourth-order valence-corrected chi connectivity index (χ4v) is 4.30. The monoisotopic (exact) mass is 400 g/mol. The summed E-state index contributed by atoms with van der Waals surface area (Å²) >= 11 is 0. The van der Waals surface area contributed by atoms with E-state index in [2.05, 4.69) is 110 Å². The van der Waals surface area contributed by atoms with E-state index in [0.717, 1.165) is 5.57 Å². The summed E-state index contributed by atoms with van der Waals surface area (Å²) in [5, 5.41) is 12.9. The number of hydrogen-bond donors (Lipinski definition) is 1. The molecule has 0 aromatic heterocycles. The van der Waals surface area contributed by atoms with E-state index in [-0.39, 0.29) is 0 Å². The van der Waals surface area contributed by atoms with Gasteiger partial charge < -0.3 is 10.3 Å². The zero-order valence-corrected chi connectivity index (χ0v) is 17.8. The van der Waals surface area contributed by atoms with Gasteiger partial charge in [-0.15, -0.1) is 0 Å². The number of benzene rings is 4. The second kappa shape index (κ2) is 7.73. The molecule has 5 rings (SSSR count). The van der Waals surface area contributed by atoms with E-state index in [4.69, 9.17) is 5.41 Å². The second-order valence-corrected chi connectivity index (χ2v) is 8.08. The largest absolute Gasteiger partial charge is 0.378 e. The zero-order chi connectivity index (χ0) is 21.4. The Morgan fingerprint density at radius 2 is 1.29 bits per heavy atom. The van der Waals surface area contributed by atoms with Crippen LogP contribution in [0.4, 0.5) is 5.69 Å². The van der Waals surface area contributed by atoms with Gasteiger partial charge in [0.2, 0.25) is 0 Å². The van der Waals surface area contributed by atoms with Crippen LogP contribution < -0.4 is 4.90 Å². The molecule has 4 aromatic rings. The molecule has 0 unspecified atom stereocenters. The Morgan fingerprint density at radius 1 is 0.677 bits per heavy atom. The fraction of sp³-hybridized carbons (Fsp3) is 0.0690. The third kappa shape index (κ3) is 3.47. The van der Waals surface area contributed by atoms with E-state index < -0.39 is 0 Å². The molecular formula is C29H24N2. The summed E-state index contributed by atoms with van der Waals surface area (Å²) in [4.78, 5) is 2.11. The van der Waals surface area contributed by atoms with Gasteiger partial charge >= 0.3 is 0 Å². The van der Waals surface area contributed by atoms with Crippen molar-refractivity contribution in [2.24, 2.45) is 0 Å². The molecule has 0 atom stereocenters. The van der Waals surface area contributed by atoms with Crippen molar-refractivity contribution in [2.45, 2.75) is 0 Å². The first kappa shape index (κ1) is 19.1. The standard InChI is InChI=1S/C29H24N2/c1-31(2)24-17-13-21(14-18-24)29(20-11-15-23(30)16-12-20)28-19-22-7-3-4-8-25(22)26-9-5-6-10-27(26)28/h3-19,30H,1-2H3. The molecule has 0 bridgehead atoms. The molecule has 2 nitrogen and oxygen atoms in total. The van der Waals surface area contributed by atoms with Crippen molar-refractivity contribution in [3.63, 3.8) is 0 Å². The Kier molecular flexibility index (Phi) is 4.76. The molecule has 1 aliphatic rings. The van der Waals surface area contributed by atoms with Gasteiger partial charge in [0.1, 0.15) is 0 Å². The highest BCUT2D eigenvalue weighted by molar-refractivity contribution is 6.14. The predicted octanol–water partition coefficient (Wildman–Crippen LogP) is 7.01. The van der Waals surface area contributed by atoms with E-state index in [9.17, 15) is 0 Å². The van der Waals surface area contributed by atoms with Crippen LogP contribution in [-0.4, -0.2) is 19.8 Å². The van der Waals surface area contributed by atoms with Gasteiger partial charge in [-0.2, -0.15) is 0 Å². The number of allylic oxidation sites excluding steroid dienone is 5. The van der Waals surface area contributed by atoms with Crippen LogP contribution in [0, 0.1) is 5.41 Å². The van der Waals surface area contributed by atoms with Crippen molar-refractivity contribution in [1.82, 2.24) is 0 Å². The third-order valence-electron chi connectivity index (χ3n) is 5.88. The molecule has 0 fully saturated rings. The van der Waals surface area contributed by atoms with Crippen molar-refractivity contribution >= 4 is 38.5 Å². The average molecular weight is 401 g/mol. The van der Waals surface area contributed by atoms with Crippen molar-refractivity contribution < 1.29 is 0 Å². The van der Waals surface area contributed by atoms with Crippen molar-refractivity contribution in [1.29, 1.82) is 5.41 Å². The molecule has 0 amide bonds. The first-order valence-electron chi connectivity index (χ1n) is 10.5. The highest BCUT2D eigenvalue weighted by Gasteiger charge is 2.16. The Morgan fingerprint density at radius 3 is 1.97 bits per heavy atom. The lowest BCUT2D eigenvalue weighted by molar-refractivity contribution is 1.13. The lowest BCUT2D eigenvalue weighted by Gasteiger charge is -2.19. The first-order chi connectivity index (χ1) is 15.1. The quantitative estimate of drug-likeness (QED) is 0.368. The molecule has 0 saturated carbocycles. The fourth-order valence-electron chi connectivity index (χ4n) is 4.30. The summed E-state index contributed by atoms with van der Waals surface area (Å²) in [6.07, 6.45) is 7.85. The van der Waals surface area contributed by atoms with E-state index in [1.165, 1.54) is 43.9 Å². The number of hydrogen-bond acceptors (Lipinski definition) is 2. The van der Waals surface area contributed by atoms with Gasteiger partial charge in [-0.25, -0.2) is 0 Å². The van der Waals surface area contributed by atoms with E-state index in [0.29, 0.717) is 5.71 Å². The summed E-state index contributed by atoms with van der Waals surface area (Å²) in [6, 6.07) is 28.3. The Bertz CT molecular complexity index is 1380. The minimum Gasteiger partial charge on any atom is -0.378 e. The number of anilines is 1. The summed E-state index contributed by atoms with van der Waals surface area (Å²) in [6.45, 7) is 0. The Hall–Kier alpha value is -3.91. The molecule has 0 spiro atoms. The molecule has 1 aliphatic carbocycles. The van der Waals surface area contributed by atoms with Crippen LogP contribution >= 0.6 is 0 Å². The molecule has 0 saturated heterocycles. The van der Waals surface area contributed by atoms with Crippen molar-refractivity contribution in [2.75, 3.05) is 19.0 Å². The van der Waals surface area contributed by atoms with Gasteiger partial charge in [0.15, 0.2) is 0 Å². The molecule has 150 valence electrons. The molecule has 0 heterocycles. The zero-order valence-electron chi connectivity index (χ0n) is 17.8. The van der Waals surface area contributed by atoms with Crippen molar-refractivity contribution in [3.8, 4) is 0 Å². The van der Waals surface area contributed by atoms with Gasteiger partial charge in [-0.1, -0.05) is 72.8 Å². The van der Waals surface area contributed by atoms with Gasteiger partial charge in [0.25, 0.3) is 0 Å². The Labute approximate surface area is 183 Å². The highest BCUT2D eigenvalue weighted by atomic mass is 15.1. The van der Waals surface area contributed by atoms with Crippen LogP contribution in [0.15, 0.2) is 109 Å². The van der Waals surface area contributed by atoms with Gasteiger partial charge in [0.05, 0.1) is 5.71 Å². The lowest BCUT2D eigenvalue weighted by Crippen LogP contribution is -2.08. The molecule has 31 heavy (non-hydrogen) atoms. The minimum absolute atomic E-state index is 0.523. The van der Waals surface area contributed by atoms with Crippen LogP contribution in [0.25, 0.3) is 27.1 Å². The van der Waals surface area contributed by atoms with Gasteiger partial charge in [-0.3, -0.25) is 0 Å². The van der Waals surface area contributed by atoms with Crippen LogP contribution in [0.3, 0.4) is 0 Å². The van der Waals surface area contributed by atoms with E-state index in [1.54, 1.807) is 0 Å². The maximum Gasteiger partial charge on any atom is 0.0540 e. The lowest BCUT2D eigenvalue weighted by atomic mass is 9.86. The summed E-state index contributed by atoms with van der Waals surface area (Å²) in [5.74, 6) is 0. The molecule has 0 aliphatic heterocycles. The average Bonchev–Trinajstić information content (AvgIpc) is 2.81. The SMILES string of the molecule is CN(C)c1ccc(C(=C2C=CC(=N)C=C2)c2cc3ccccc3c3ccccc23)cc1. The van der Waals surface area contributed by atoms with E-state index in [1.807, 2.05) is 12.2 Å². The number of nitrogens with zero attached hydrogens (tertiary/aromatic N) is 1. The Balaban J connectivity index is 1.85. The first-order valence-corrected chi connectivity index (χ1v) is 10.5. The van der Waals surface area contributed by atoms with Crippen LogP contribution in [-0.2, 0) is 0 Å². The number of rotatable bonds is 3. The molecule has 1 N–H and O–H groups in total. The topological polar surface area (TPSA) is 27.1 Å². The molecule has 2 heteroatoms. The molecule has 0 radical (unpaired) electrons. The smallest absolute Gasteiger partial charge is 0.0540 e. The minimum atomic E-state index is 0.523.